The molecule has 0 fully saturated rings. The first-order chi connectivity index (χ1) is 13.1. The van der Waals surface area contributed by atoms with Crippen LogP contribution in [0.3, 0.4) is 0 Å². The maximum atomic E-state index is 12.8. The van der Waals surface area contributed by atoms with Crippen molar-refractivity contribution in [2.45, 2.75) is 13.0 Å². The number of nitrogens with one attached hydrogen (secondary N) is 2. The van der Waals surface area contributed by atoms with E-state index >= 15 is 0 Å². The van der Waals surface area contributed by atoms with Gasteiger partial charge in [-0.05, 0) is 42.1 Å². The van der Waals surface area contributed by atoms with Gasteiger partial charge in [0, 0.05) is 10.4 Å². The summed E-state index contributed by atoms with van der Waals surface area (Å²) in [4.78, 5) is 26.2. The van der Waals surface area contributed by atoms with E-state index in [-0.39, 0.29) is 23.6 Å². The first-order valence-electron chi connectivity index (χ1n) is 8.61. The molecule has 5 heteroatoms. The van der Waals surface area contributed by atoms with Gasteiger partial charge in [-0.2, -0.15) is 0 Å². The first kappa shape index (κ1) is 18.6. The lowest BCUT2D eigenvalue weighted by Crippen LogP contribution is -2.36. The molecule has 0 bridgehead atoms. The summed E-state index contributed by atoms with van der Waals surface area (Å²) in [7, 11) is 0. The van der Waals surface area contributed by atoms with Crippen LogP contribution in [-0.4, -0.2) is 11.8 Å². The maximum Gasteiger partial charge on any atom is 0.268 e. The van der Waals surface area contributed by atoms with Crippen molar-refractivity contribution in [3.63, 3.8) is 0 Å². The molecule has 3 aromatic rings. The monoisotopic (exact) mass is 376 g/mol. The fourth-order valence-electron chi connectivity index (χ4n) is 2.56. The highest BCUT2D eigenvalue weighted by atomic mass is 32.1. The fraction of sp³-hybridized carbons (Fsp3) is 0.0909. The van der Waals surface area contributed by atoms with Crippen LogP contribution in [0.15, 0.2) is 83.9 Å². The summed E-state index contributed by atoms with van der Waals surface area (Å²) in [5, 5.41) is 7.62. The van der Waals surface area contributed by atoms with Gasteiger partial charge in [-0.3, -0.25) is 9.59 Å². The Hall–Kier alpha value is -3.18. The first-order valence-corrected chi connectivity index (χ1v) is 9.49. The van der Waals surface area contributed by atoms with Crippen LogP contribution in [0.5, 0.6) is 0 Å². The molecule has 27 heavy (non-hydrogen) atoms. The van der Waals surface area contributed by atoms with Gasteiger partial charge >= 0.3 is 0 Å². The summed E-state index contributed by atoms with van der Waals surface area (Å²) in [5.41, 5.74) is 1.71. The SMILES string of the molecule is CC(NC(=O)/C(=C\c1cccs1)NC(=O)c1ccccc1)c1ccccc1. The van der Waals surface area contributed by atoms with Gasteiger partial charge in [0.2, 0.25) is 0 Å². The van der Waals surface area contributed by atoms with Crippen LogP contribution in [0.25, 0.3) is 6.08 Å². The molecule has 0 saturated carbocycles. The summed E-state index contributed by atoms with van der Waals surface area (Å²) in [5.74, 6) is -0.648. The molecule has 0 saturated heterocycles. The predicted octanol–water partition coefficient (Wildman–Crippen LogP) is 4.40. The Labute approximate surface area is 162 Å². The molecule has 0 aliphatic heterocycles. The molecule has 1 aromatic heterocycles. The summed E-state index contributed by atoms with van der Waals surface area (Å²) >= 11 is 1.50. The molecule has 3 rings (SSSR count). The van der Waals surface area contributed by atoms with E-state index < -0.39 is 0 Å². The van der Waals surface area contributed by atoms with Gasteiger partial charge in [0.15, 0.2) is 0 Å². The van der Waals surface area contributed by atoms with E-state index in [0.29, 0.717) is 5.56 Å². The van der Waals surface area contributed by atoms with E-state index in [1.165, 1.54) is 11.3 Å². The van der Waals surface area contributed by atoms with Crippen molar-refractivity contribution in [1.82, 2.24) is 10.6 Å². The number of hydrogen-bond acceptors (Lipinski definition) is 3. The molecular formula is C22H20N2O2S. The Morgan fingerprint density at radius 3 is 2.22 bits per heavy atom. The molecule has 2 N–H and O–H groups in total. The highest BCUT2D eigenvalue weighted by Gasteiger charge is 2.17. The zero-order valence-corrected chi connectivity index (χ0v) is 15.7. The number of carbonyl (C=O) groups is 2. The normalized spacial score (nSPS) is 12.3. The Balaban J connectivity index is 1.79. The smallest absolute Gasteiger partial charge is 0.268 e. The lowest BCUT2D eigenvalue weighted by atomic mass is 10.1. The molecule has 0 aliphatic carbocycles. The quantitative estimate of drug-likeness (QED) is 0.627. The van der Waals surface area contributed by atoms with Crippen LogP contribution in [0.4, 0.5) is 0 Å². The third kappa shape index (κ3) is 5.15. The van der Waals surface area contributed by atoms with Gasteiger partial charge in [0.05, 0.1) is 6.04 Å². The zero-order valence-electron chi connectivity index (χ0n) is 14.9. The zero-order chi connectivity index (χ0) is 19.1. The second kappa shape index (κ2) is 8.96. The second-order valence-corrected chi connectivity index (χ2v) is 6.98. The van der Waals surface area contributed by atoms with Gasteiger partial charge in [-0.1, -0.05) is 54.6 Å². The average molecular weight is 376 g/mol. The largest absolute Gasteiger partial charge is 0.344 e. The predicted molar refractivity (Wildman–Crippen MR) is 109 cm³/mol. The van der Waals surface area contributed by atoms with Gasteiger partial charge in [0.25, 0.3) is 11.8 Å². The Morgan fingerprint density at radius 2 is 1.59 bits per heavy atom. The Bertz CT molecular complexity index is 919. The third-order valence-corrected chi connectivity index (χ3v) is 4.83. The topological polar surface area (TPSA) is 58.2 Å². The molecule has 1 atom stereocenters. The van der Waals surface area contributed by atoms with Crippen molar-refractivity contribution < 1.29 is 9.59 Å². The van der Waals surface area contributed by atoms with Gasteiger partial charge < -0.3 is 10.6 Å². The van der Waals surface area contributed by atoms with Gasteiger partial charge in [-0.25, -0.2) is 0 Å². The molecule has 2 aromatic carbocycles. The minimum absolute atomic E-state index is 0.181. The molecule has 0 aliphatic rings. The molecule has 136 valence electrons. The van der Waals surface area contributed by atoms with E-state index in [2.05, 4.69) is 10.6 Å². The highest BCUT2D eigenvalue weighted by Crippen LogP contribution is 2.15. The Morgan fingerprint density at radius 1 is 0.926 bits per heavy atom. The lowest BCUT2D eigenvalue weighted by Gasteiger charge is -2.16. The summed E-state index contributed by atoms with van der Waals surface area (Å²) in [6.45, 7) is 1.91. The summed E-state index contributed by atoms with van der Waals surface area (Å²) in [6, 6.07) is 22.1. The van der Waals surface area contributed by atoms with Crippen molar-refractivity contribution in [1.29, 1.82) is 0 Å². The number of hydrogen-bond donors (Lipinski definition) is 2. The molecule has 1 unspecified atom stereocenters. The minimum Gasteiger partial charge on any atom is -0.344 e. The maximum absolute atomic E-state index is 12.8. The van der Waals surface area contributed by atoms with Crippen molar-refractivity contribution in [3.05, 3.63) is 99.9 Å². The number of rotatable bonds is 6. The Kier molecular flexibility index (Phi) is 6.18. The summed E-state index contributed by atoms with van der Waals surface area (Å²) < 4.78 is 0. The van der Waals surface area contributed by atoms with Crippen LogP contribution in [0.1, 0.15) is 33.8 Å². The second-order valence-electron chi connectivity index (χ2n) is 6.00. The third-order valence-electron chi connectivity index (χ3n) is 4.01. The van der Waals surface area contributed by atoms with E-state index in [1.54, 1.807) is 30.3 Å². The van der Waals surface area contributed by atoms with Gasteiger partial charge in [-0.15, -0.1) is 11.3 Å². The molecule has 0 radical (unpaired) electrons. The van der Waals surface area contributed by atoms with Crippen molar-refractivity contribution in [2.75, 3.05) is 0 Å². The van der Waals surface area contributed by atoms with E-state index in [4.69, 9.17) is 0 Å². The molecular weight excluding hydrogens is 356 g/mol. The highest BCUT2D eigenvalue weighted by molar-refractivity contribution is 7.10. The van der Waals surface area contributed by atoms with Gasteiger partial charge in [0.1, 0.15) is 5.70 Å². The molecule has 1 heterocycles. The number of amides is 2. The van der Waals surface area contributed by atoms with Crippen molar-refractivity contribution in [2.24, 2.45) is 0 Å². The standard InChI is InChI=1S/C22H20N2O2S/c1-16(17-9-4-2-5-10-17)23-22(26)20(15-19-13-8-14-27-19)24-21(25)18-11-6-3-7-12-18/h2-16H,1H3,(H,23,26)(H,24,25)/b20-15+. The summed E-state index contributed by atoms with van der Waals surface area (Å²) in [6.07, 6.45) is 1.69. The van der Waals surface area contributed by atoms with Crippen LogP contribution in [-0.2, 0) is 4.79 Å². The number of thiophene rings is 1. The van der Waals surface area contributed by atoms with E-state index in [0.717, 1.165) is 10.4 Å². The lowest BCUT2D eigenvalue weighted by molar-refractivity contribution is -0.118. The average Bonchev–Trinajstić information content (AvgIpc) is 3.22. The van der Waals surface area contributed by atoms with Crippen LogP contribution >= 0.6 is 11.3 Å². The molecule has 0 spiro atoms. The minimum atomic E-state index is -0.330. The molecule has 4 nitrogen and oxygen atoms in total. The fourth-order valence-corrected chi connectivity index (χ4v) is 3.21. The van der Waals surface area contributed by atoms with E-state index in [9.17, 15) is 9.59 Å². The van der Waals surface area contributed by atoms with Crippen LogP contribution < -0.4 is 10.6 Å². The van der Waals surface area contributed by atoms with Crippen LogP contribution in [0.2, 0.25) is 0 Å². The van der Waals surface area contributed by atoms with Crippen molar-refractivity contribution >= 4 is 29.2 Å². The number of benzene rings is 2. The van der Waals surface area contributed by atoms with Crippen LogP contribution in [0, 0.1) is 0 Å². The van der Waals surface area contributed by atoms with E-state index in [1.807, 2.05) is 60.8 Å². The van der Waals surface area contributed by atoms with Crippen molar-refractivity contribution in [3.8, 4) is 0 Å². The molecule has 2 amide bonds. The number of carbonyl (C=O) groups excluding carboxylic acids is 2.